The third kappa shape index (κ3) is 7.44. The molecule has 0 atom stereocenters. The van der Waals surface area contributed by atoms with Gasteiger partial charge in [-0.2, -0.15) is 0 Å². The predicted molar refractivity (Wildman–Crippen MR) is 166 cm³/mol. The van der Waals surface area contributed by atoms with Crippen LogP contribution in [0.3, 0.4) is 0 Å². The molecule has 10 nitrogen and oxygen atoms in total. The Morgan fingerprint density at radius 3 is 2.58 bits per heavy atom. The monoisotopic (exact) mass is 619 g/mol. The average molecular weight is 620 g/mol. The van der Waals surface area contributed by atoms with Gasteiger partial charge < -0.3 is 24.7 Å². The number of esters is 1. The lowest BCUT2D eigenvalue weighted by Crippen LogP contribution is -2.25. The number of anilines is 1. The van der Waals surface area contributed by atoms with Gasteiger partial charge in [-0.05, 0) is 68.0 Å². The number of nitrogens with zero attached hydrogens (tertiary/aromatic N) is 3. The van der Waals surface area contributed by atoms with Crippen molar-refractivity contribution in [3.8, 4) is 5.75 Å². The SMILES string of the molecule is CCOC(=O)c1c(NC(=O)CSc2nnc(CNC(=O)c3ccc(OC)cc3)n2CCc2ccccc2)sc2c1CCC2. The number of aromatic nitrogens is 3. The number of benzene rings is 2. The summed E-state index contributed by atoms with van der Waals surface area (Å²) in [6.45, 7) is 2.78. The van der Waals surface area contributed by atoms with E-state index in [1.807, 2.05) is 22.8 Å². The first-order valence-corrected chi connectivity index (χ1v) is 15.9. The number of nitrogens with one attached hydrogen (secondary N) is 2. The topological polar surface area (TPSA) is 124 Å². The van der Waals surface area contributed by atoms with E-state index in [0.29, 0.717) is 39.4 Å². The molecular formula is C31H33N5O5S2. The van der Waals surface area contributed by atoms with E-state index in [2.05, 4.69) is 33.0 Å². The maximum absolute atomic E-state index is 13.1. The summed E-state index contributed by atoms with van der Waals surface area (Å²) in [5.41, 5.74) is 3.13. The number of amides is 2. The third-order valence-electron chi connectivity index (χ3n) is 7.01. The van der Waals surface area contributed by atoms with Gasteiger partial charge in [0.15, 0.2) is 11.0 Å². The van der Waals surface area contributed by atoms with Crippen molar-refractivity contribution in [3.05, 3.63) is 87.6 Å². The molecule has 0 saturated carbocycles. The van der Waals surface area contributed by atoms with E-state index in [-0.39, 0.29) is 30.7 Å². The van der Waals surface area contributed by atoms with Gasteiger partial charge in [0, 0.05) is 17.0 Å². The first-order chi connectivity index (χ1) is 21.0. The molecule has 0 saturated heterocycles. The van der Waals surface area contributed by atoms with Gasteiger partial charge in [0.05, 0.1) is 31.6 Å². The second-order valence-corrected chi connectivity index (χ2v) is 11.9. The summed E-state index contributed by atoms with van der Waals surface area (Å²) in [5, 5.41) is 15.6. The van der Waals surface area contributed by atoms with Crippen molar-refractivity contribution in [2.75, 3.05) is 24.8 Å². The quantitative estimate of drug-likeness (QED) is 0.160. The van der Waals surface area contributed by atoms with Crippen LogP contribution in [0.2, 0.25) is 0 Å². The standard InChI is InChI=1S/C31H33N5O5S2/c1-3-41-30(39)27-23-10-7-11-24(23)43-29(27)33-26(37)19-42-31-35-34-25(36(31)17-16-20-8-5-4-6-9-20)18-32-28(38)21-12-14-22(40-2)15-13-21/h4-6,8-9,12-15H,3,7,10-11,16-19H2,1-2H3,(H,32,38)(H,33,37). The fourth-order valence-corrected chi connectivity index (χ4v) is 6.95. The Morgan fingerprint density at radius 2 is 1.84 bits per heavy atom. The number of fused-ring (bicyclic) bond motifs is 1. The Labute approximate surface area is 258 Å². The second kappa shape index (κ2) is 14.3. The highest BCUT2D eigenvalue weighted by Gasteiger charge is 2.28. The van der Waals surface area contributed by atoms with Gasteiger partial charge in [-0.25, -0.2) is 4.79 Å². The number of carbonyl (C=O) groups excluding carboxylic acids is 3. The lowest BCUT2D eigenvalue weighted by atomic mass is 10.1. The zero-order valence-corrected chi connectivity index (χ0v) is 25.7. The van der Waals surface area contributed by atoms with Crippen molar-refractivity contribution in [2.24, 2.45) is 0 Å². The van der Waals surface area contributed by atoms with E-state index in [1.54, 1.807) is 38.3 Å². The van der Waals surface area contributed by atoms with E-state index in [0.717, 1.165) is 41.7 Å². The van der Waals surface area contributed by atoms with Crippen LogP contribution in [0.25, 0.3) is 0 Å². The maximum atomic E-state index is 13.1. The molecule has 0 spiro atoms. The van der Waals surface area contributed by atoms with Gasteiger partial charge in [-0.1, -0.05) is 42.1 Å². The number of carbonyl (C=O) groups is 3. The van der Waals surface area contributed by atoms with Crippen LogP contribution in [0.4, 0.5) is 5.00 Å². The Bertz CT molecular complexity index is 1580. The van der Waals surface area contributed by atoms with Gasteiger partial charge in [0.25, 0.3) is 5.91 Å². The number of hydrogen-bond acceptors (Lipinski definition) is 9. The first kappa shape index (κ1) is 30.3. The fourth-order valence-electron chi connectivity index (χ4n) is 4.87. The zero-order chi connectivity index (χ0) is 30.2. The Balaban J connectivity index is 1.27. The highest BCUT2D eigenvalue weighted by atomic mass is 32.2. The molecule has 0 aliphatic heterocycles. The number of hydrogen-bond donors (Lipinski definition) is 2. The molecule has 2 heterocycles. The molecule has 0 radical (unpaired) electrons. The molecule has 2 aromatic heterocycles. The van der Waals surface area contributed by atoms with E-state index < -0.39 is 5.97 Å². The van der Waals surface area contributed by atoms with Crippen LogP contribution in [-0.4, -0.2) is 52.0 Å². The lowest BCUT2D eigenvalue weighted by molar-refractivity contribution is -0.113. The largest absolute Gasteiger partial charge is 0.497 e. The minimum Gasteiger partial charge on any atom is -0.497 e. The first-order valence-electron chi connectivity index (χ1n) is 14.1. The van der Waals surface area contributed by atoms with Crippen LogP contribution in [0.15, 0.2) is 59.8 Å². The normalized spacial score (nSPS) is 12.0. The van der Waals surface area contributed by atoms with Crippen LogP contribution >= 0.6 is 23.1 Å². The molecule has 0 fully saturated rings. The molecule has 1 aliphatic carbocycles. The van der Waals surface area contributed by atoms with E-state index in [9.17, 15) is 14.4 Å². The van der Waals surface area contributed by atoms with Crippen molar-refractivity contribution in [3.63, 3.8) is 0 Å². The number of methoxy groups -OCH3 is 1. The second-order valence-electron chi connectivity index (χ2n) is 9.82. The minimum absolute atomic E-state index is 0.0759. The number of thioether (sulfide) groups is 1. The summed E-state index contributed by atoms with van der Waals surface area (Å²) >= 11 is 2.71. The summed E-state index contributed by atoms with van der Waals surface area (Å²) in [7, 11) is 1.57. The Morgan fingerprint density at radius 1 is 1.05 bits per heavy atom. The third-order valence-corrected chi connectivity index (χ3v) is 9.18. The van der Waals surface area contributed by atoms with E-state index in [4.69, 9.17) is 9.47 Å². The smallest absolute Gasteiger partial charge is 0.341 e. The van der Waals surface area contributed by atoms with Gasteiger partial charge in [-0.3, -0.25) is 9.59 Å². The molecule has 1 aliphatic rings. The number of thiophene rings is 1. The average Bonchev–Trinajstić information content (AvgIpc) is 3.73. The summed E-state index contributed by atoms with van der Waals surface area (Å²) in [6.07, 6.45) is 3.44. The molecule has 2 aromatic carbocycles. The number of ether oxygens (including phenoxy) is 2. The molecule has 0 bridgehead atoms. The molecule has 43 heavy (non-hydrogen) atoms. The van der Waals surface area contributed by atoms with Crippen LogP contribution in [-0.2, 0) is 41.9 Å². The molecule has 2 amide bonds. The van der Waals surface area contributed by atoms with E-state index in [1.165, 1.54) is 23.1 Å². The molecule has 2 N–H and O–H groups in total. The molecule has 4 aromatic rings. The Hall–Kier alpha value is -4.16. The highest BCUT2D eigenvalue weighted by molar-refractivity contribution is 7.99. The molecular weight excluding hydrogens is 587 g/mol. The van der Waals surface area contributed by atoms with Crippen molar-refractivity contribution < 1.29 is 23.9 Å². The van der Waals surface area contributed by atoms with Gasteiger partial charge in [0.2, 0.25) is 5.91 Å². The zero-order valence-electron chi connectivity index (χ0n) is 24.1. The van der Waals surface area contributed by atoms with Crippen LogP contribution in [0.5, 0.6) is 5.75 Å². The van der Waals surface area contributed by atoms with Crippen LogP contribution in [0, 0.1) is 0 Å². The van der Waals surface area contributed by atoms with Crippen LogP contribution < -0.4 is 15.4 Å². The van der Waals surface area contributed by atoms with Crippen LogP contribution in [0.1, 0.15) is 55.9 Å². The number of aryl methyl sites for hydroxylation is 2. The predicted octanol–water partition coefficient (Wildman–Crippen LogP) is 4.92. The van der Waals surface area contributed by atoms with Gasteiger partial charge in [-0.15, -0.1) is 21.5 Å². The minimum atomic E-state index is -0.396. The van der Waals surface area contributed by atoms with Crippen molar-refractivity contribution in [1.82, 2.24) is 20.1 Å². The maximum Gasteiger partial charge on any atom is 0.341 e. The van der Waals surface area contributed by atoms with Gasteiger partial charge >= 0.3 is 5.97 Å². The summed E-state index contributed by atoms with van der Waals surface area (Å²) < 4.78 is 12.4. The fraction of sp³-hybridized carbons (Fsp3) is 0.323. The van der Waals surface area contributed by atoms with Gasteiger partial charge in [0.1, 0.15) is 10.8 Å². The summed E-state index contributed by atoms with van der Waals surface area (Å²) in [5.74, 6) is 0.443. The number of rotatable bonds is 13. The Kier molecular flexibility index (Phi) is 10.1. The molecule has 12 heteroatoms. The van der Waals surface area contributed by atoms with Crippen molar-refractivity contribution >= 4 is 45.9 Å². The summed E-state index contributed by atoms with van der Waals surface area (Å²) in [4.78, 5) is 39.6. The molecule has 5 rings (SSSR count). The molecule has 0 unspecified atom stereocenters. The lowest BCUT2D eigenvalue weighted by Gasteiger charge is -2.12. The highest BCUT2D eigenvalue weighted by Crippen LogP contribution is 2.39. The van der Waals surface area contributed by atoms with Crippen molar-refractivity contribution in [2.45, 2.75) is 50.9 Å². The molecule has 224 valence electrons. The summed E-state index contributed by atoms with van der Waals surface area (Å²) in [6, 6.07) is 16.9. The van der Waals surface area contributed by atoms with Crippen molar-refractivity contribution in [1.29, 1.82) is 0 Å². The van der Waals surface area contributed by atoms with E-state index >= 15 is 0 Å².